The molecule has 0 saturated carbocycles. The van der Waals surface area contributed by atoms with Gasteiger partial charge in [0.2, 0.25) is 0 Å². The van der Waals surface area contributed by atoms with Crippen LogP contribution in [0.2, 0.25) is 0 Å². The summed E-state index contributed by atoms with van der Waals surface area (Å²) in [6.45, 7) is 7.37. The highest BCUT2D eigenvalue weighted by atomic mass is 16.5. The molecule has 1 aromatic rings. The maximum atomic E-state index is 9.56. The molecular weight excluding hydrogens is 326 g/mol. The third-order valence-corrected chi connectivity index (χ3v) is 4.89. The highest BCUT2D eigenvalue weighted by Crippen LogP contribution is 2.29. The van der Waals surface area contributed by atoms with Gasteiger partial charge >= 0.3 is 0 Å². The molecule has 0 amide bonds. The van der Waals surface area contributed by atoms with Gasteiger partial charge in [-0.25, -0.2) is 0 Å². The summed E-state index contributed by atoms with van der Waals surface area (Å²) < 4.78 is 11.4. The van der Waals surface area contributed by atoms with E-state index < -0.39 is 5.54 Å². The van der Waals surface area contributed by atoms with Crippen molar-refractivity contribution in [1.29, 1.82) is 0 Å². The summed E-state index contributed by atoms with van der Waals surface area (Å²) in [5.41, 5.74) is 6.94. The maximum absolute atomic E-state index is 9.56. The molecule has 0 aromatic heterocycles. The molecule has 150 valence electrons. The molecular formula is C22H39NO3. The Kier molecular flexibility index (Phi) is 10.7. The monoisotopic (exact) mass is 365 g/mol. The van der Waals surface area contributed by atoms with Crippen molar-refractivity contribution in [3.05, 3.63) is 23.8 Å². The second-order valence-electron chi connectivity index (χ2n) is 7.85. The minimum atomic E-state index is -0.493. The Balaban J connectivity index is 2.50. The van der Waals surface area contributed by atoms with Crippen LogP contribution in [-0.4, -0.2) is 31.0 Å². The van der Waals surface area contributed by atoms with Gasteiger partial charge in [0, 0.05) is 5.54 Å². The van der Waals surface area contributed by atoms with Gasteiger partial charge in [0.05, 0.1) is 20.3 Å². The van der Waals surface area contributed by atoms with E-state index >= 15 is 0 Å². The minimum absolute atomic E-state index is 0.0238. The zero-order chi connectivity index (χ0) is 19.4. The third-order valence-electron chi connectivity index (χ3n) is 4.89. The van der Waals surface area contributed by atoms with E-state index in [0.29, 0.717) is 0 Å². The maximum Gasteiger partial charge on any atom is 0.161 e. The minimum Gasteiger partial charge on any atom is -0.493 e. The molecule has 1 atom stereocenters. The van der Waals surface area contributed by atoms with Crippen LogP contribution in [0.1, 0.15) is 71.3 Å². The molecule has 0 bridgehead atoms. The second kappa shape index (κ2) is 12.2. The van der Waals surface area contributed by atoms with Crippen molar-refractivity contribution in [3.63, 3.8) is 0 Å². The first-order valence-electron chi connectivity index (χ1n) is 10.1. The number of hydrogen-bond donors (Lipinski definition) is 2. The molecule has 3 N–H and O–H groups in total. The van der Waals surface area contributed by atoms with Gasteiger partial charge in [-0.1, -0.05) is 52.5 Å². The van der Waals surface area contributed by atoms with Crippen molar-refractivity contribution in [2.24, 2.45) is 11.7 Å². The molecule has 26 heavy (non-hydrogen) atoms. The fraction of sp³-hybridized carbons (Fsp3) is 0.727. The van der Waals surface area contributed by atoms with E-state index in [1.165, 1.54) is 19.3 Å². The number of methoxy groups -OCH3 is 1. The van der Waals surface area contributed by atoms with Crippen molar-refractivity contribution in [3.8, 4) is 11.5 Å². The average molecular weight is 366 g/mol. The molecule has 0 aliphatic carbocycles. The van der Waals surface area contributed by atoms with Gasteiger partial charge in [0.1, 0.15) is 0 Å². The smallest absolute Gasteiger partial charge is 0.161 e. The van der Waals surface area contributed by atoms with Gasteiger partial charge in [-0.05, 0) is 49.3 Å². The Morgan fingerprint density at radius 2 is 1.88 bits per heavy atom. The third kappa shape index (κ3) is 8.41. The summed E-state index contributed by atoms with van der Waals surface area (Å²) in [5, 5.41) is 9.56. The molecule has 0 radical (unpaired) electrons. The molecule has 1 rings (SSSR count). The molecule has 0 aliphatic heterocycles. The predicted molar refractivity (Wildman–Crippen MR) is 109 cm³/mol. The molecule has 0 fully saturated rings. The second-order valence-corrected chi connectivity index (χ2v) is 7.85. The first kappa shape index (κ1) is 22.8. The van der Waals surface area contributed by atoms with E-state index in [0.717, 1.165) is 61.7 Å². The largest absolute Gasteiger partial charge is 0.493 e. The van der Waals surface area contributed by atoms with Crippen LogP contribution in [0.4, 0.5) is 0 Å². The number of hydrogen-bond acceptors (Lipinski definition) is 4. The van der Waals surface area contributed by atoms with Crippen molar-refractivity contribution in [2.45, 2.75) is 77.7 Å². The number of aryl methyl sites for hydroxylation is 1. The highest BCUT2D eigenvalue weighted by molar-refractivity contribution is 5.43. The molecule has 0 spiro atoms. The Labute approximate surface area is 160 Å². The van der Waals surface area contributed by atoms with Crippen molar-refractivity contribution < 1.29 is 14.6 Å². The predicted octanol–water partition coefficient (Wildman–Crippen LogP) is 4.71. The Morgan fingerprint density at radius 1 is 1.12 bits per heavy atom. The van der Waals surface area contributed by atoms with E-state index in [9.17, 15) is 5.11 Å². The number of benzene rings is 1. The fourth-order valence-corrected chi connectivity index (χ4v) is 3.17. The topological polar surface area (TPSA) is 64.7 Å². The van der Waals surface area contributed by atoms with E-state index in [1.807, 2.05) is 12.1 Å². The quantitative estimate of drug-likeness (QED) is 0.469. The van der Waals surface area contributed by atoms with Crippen LogP contribution in [0.3, 0.4) is 0 Å². The summed E-state index contributed by atoms with van der Waals surface area (Å²) in [5.74, 6) is 2.35. The summed E-state index contributed by atoms with van der Waals surface area (Å²) in [4.78, 5) is 0. The Morgan fingerprint density at radius 3 is 2.50 bits per heavy atom. The number of rotatable bonds is 14. The first-order valence-corrected chi connectivity index (χ1v) is 10.1. The van der Waals surface area contributed by atoms with Crippen LogP contribution in [0.15, 0.2) is 18.2 Å². The SMILES string of the molecule is CCC[C@@](N)(CO)CCc1ccc(OCCCCCC(C)C)c(OC)c1. The lowest BCUT2D eigenvalue weighted by molar-refractivity contribution is 0.177. The van der Waals surface area contributed by atoms with Crippen LogP contribution in [0, 0.1) is 5.92 Å². The molecule has 0 heterocycles. The number of aliphatic hydroxyl groups is 1. The van der Waals surface area contributed by atoms with E-state index in [2.05, 4.69) is 26.8 Å². The van der Waals surface area contributed by atoms with Gasteiger partial charge in [-0.3, -0.25) is 0 Å². The van der Waals surface area contributed by atoms with E-state index in [1.54, 1.807) is 7.11 Å². The summed E-state index contributed by atoms with van der Waals surface area (Å²) >= 11 is 0. The van der Waals surface area contributed by atoms with E-state index in [-0.39, 0.29) is 6.61 Å². The molecule has 4 nitrogen and oxygen atoms in total. The van der Waals surface area contributed by atoms with Crippen molar-refractivity contribution in [1.82, 2.24) is 0 Å². The zero-order valence-electron chi connectivity index (χ0n) is 17.2. The lowest BCUT2D eigenvalue weighted by Crippen LogP contribution is -2.43. The highest BCUT2D eigenvalue weighted by Gasteiger charge is 2.22. The van der Waals surface area contributed by atoms with Gasteiger partial charge in [0.25, 0.3) is 0 Å². The fourth-order valence-electron chi connectivity index (χ4n) is 3.17. The lowest BCUT2D eigenvalue weighted by Gasteiger charge is -2.26. The van der Waals surface area contributed by atoms with Crippen LogP contribution < -0.4 is 15.2 Å². The Hall–Kier alpha value is -1.26. The number of aliphatic hydroxyl groups excluding tert-OH is 1. The van der Waals surface area contributed by atoms with Gasteiger partial charge in [-0.2, -0.15) is 0 Å². The van der Waals surface area contributed by atoms with Crippen molar-refractivity contribution >= 4 is 0 Å². The number of unbranched alkanes of at least 4 members (excludes halogenated alkanes) is 2. The van der Waals surface area contributed by atoms with Crippen LogP contribution in [0.5, 0.6) is 11.5 Å². The summed E-state index contributed by atoms with van der Waals surface area (Å²) in [6, 6.07) is 6.08. The first-order chi connectivity index (χ1) is 12.4. The molecule has 0 aliphatic rings. The Bertz CT molecular complexity index is 504. The average Bonchev–Trinajstić information content (AvgIpc) is 2.63. The van der Waals surface area contributed by atoms with Gasteiger partial charge < -0.3 is 20.3 Å². The van der Waals surface area contributed by atoms with Gasteiger partial charge in [0.15, 0.2) is 11.5 Å². The summed E-state index contributed by atoms with van der Waals surface area (Å²) in [7, 11) is 1.67. The molecule has 4 heteroatoms. The van der Waals surface area contributed by atoms with Crippen LogP contribution in [0.25, 0.3) is 0 Å². The zero-order valence-corrected chi connectivity index (χ0v) is 17.2. The molecule has 0 saturated heterocycles. The van der Waals surface area contributed by atoms with Crippen molar-refractivity contribution in [2.75, 3.05) is 20.3 Å². The standard InChI is InChI=1S/C22H39NO3/c1-5-13-22(23,17-24)14-12-19-10-11-20(21(16-19)25-4)26-15-8-6-7-9-18(2)3/h10-11,16,18,24H,5-9,12-15,17,23H2,1-4H3/t22-/m0/s1. The summed E-state index contributed by atoms with van der Waals surface area (Å²) in [6.07, 6.45) is 8.21. The van der Waals surface area contributed by atoms with Crippen LogP contribution >= 0.6 is 0 Å². The normalized spacial score (nSPS) is 13.7. The van der Waals surface area contributed by atoms with E-state index in [4.69, 9.17) is 15.2 Å². The molecule has 1 aromatic carbocycles. The lowest BCUT2D eigenvalue weighted by atomic mass is 9.89. The molecule has 0 unspecified atom stereocenters. The number of nitrogens with two attached hydrogens (primary N) is 1. The van der Waals surface area contributed by atoms with Crippen LogP contribution in [-0.2, 0) is 6.42 Å². The van der Waals surface area contributed by atoms with Gasteiger partial charge in [-0.15, -0.1) is 0 Å². The number of ether oxygens (including phenoxy) is 2.